The molecule has 8 heteroatoms. The first-order valence-corrected chi connectivity index (χ1v) is 9.66. The predicted molar refractivity (Wildman–Crippen MR) is 99.0 cm³/mol. The van der Waals surface area contributed by atoms with Crippen molar-refractivity contribution >= 4 is 30.3 Å². The van der Waals surface area contributed by atoms with Crippen LogP contribution < -0.4 is 10.6 Å². The molecule has 0 aromatic heterocycles. The Morgan fingerprint density at radius 1 is 1.04 bits per heavy atom. The van der Waals surface area contributed by atoms with Crippen LogP contribution in [-0.2, 0) is 9.59 Å². The van der Waals surface area contributed by atoms with E-state index in [0.29, 0.717) is 5.41 Å². The molecule has 1 aliphatic carbocycles. The van der Waals surface area contributed by atoms with Crippen LogP contribution in [0, 0.1) is 5.41 Å². The third-order valence-electron chi connectivity index (χ3n) is 6.76. The van der Waals surface area contributed by atoms with E-state index in [0.717, 1.165) is 64.7 Å². The van der Waals surface area contributed by atoms with Gasteiger partial charge in [-0.25, -0.2) is 4.79 Å². The van der Waals surface area contributed by atoms with Crippen LogP contribution in [0.1, 0.15) is 51.4 Å². The van der Waals surface area contributed by atoms with Crippen molar-refractivity contribution in [2.75, 3.05) is 32.7 Å². The van der Waals surface area contributed by atoms with E-state index in [1.54, 1.807) is 0 Å². The number of hydrogen-bond donors (Lipinski definition) is 2. The summed E-state index contributed by atoms with van der Waals surface area (Å²) in [6, 6.07) is -0.325. The minimum atomic E-state index is -0.674. The second-order valence-electron chi connectivity index (χ2n) is 8.23. The zero-order valence-electron chi connectivity index (χ0n) is 15.2. The number of rotatable bonds is 3. The van der Waals surface area contributed by atoms with E-state index in [4.69, 9.17) is 0 Å². The topological polar surface area (TPSA) is 81.8 Å². The summed E-state index contributed by atoms with van der Waals surface area (Å²) in [6.45, 7) is 3.95. The number of carbonyl (C=O) groups is 3. The number of carbonyl (C=O) groups excluding carboxylic acids is 3. The van der Waals surface area contributed by atoms with Crippen LogP contribution in [-0.4, -0.2) is 65.9 Å². The third kappa shape index (κ3) is 3.31. The second-order valence-corrected chi connectivity index (χ2v) is 8.23. The Hall–Kier alpha value is -1.34. The third-order valence-corrected chi connectivity index (χ3v) is 6.76. The molecule has 3 heterocycles. The van der Waals surface area contributed by atoms with E-state index < -0.39 is 5.54 Å². The van der Waals surface area contributed by atoms with Gasteiger partial charge < -0.3 is 15.5 Å². The van der Waals surface area contributed by atoms with E-state index in [2.05, 4.69) is 10.6 Å². The Morgan fingerprint density at radius 3 is 2.35 bits per heavy atom. The molecule has 0 atom stereocenters. The summed E-state index contributed by atoms with van der Waals surface area (Å²) in [5.74, 6) is -0.0637. The average Bonchev–Trinajstić information content (AvgIpc) is 3.30. The standard InChI is InChI=1S/C18H28N4O3.ClH/c23-14(21-11-7-17(8-12-21)6-9-19-13-17)3-10-22-15(24)18(20-16(22)25)4-1-2-5-18;/h19H,1-13H2,(H,20,25);1H. The Balaban J connectivity index is 0.00000196. The van der Waals surface area contributed by atoms with Crippen molar-refractivity contribution in [3.8, 4) is 0 Å². The molecule has 2 spiro atoms. The Labute approximate surface area is 160 Å². The minimum Gasteiger partial charge on any atom is -0.343 e. The van der Waals surface area contributed by atoms with Gasteiger partial charge in [-0.15, -0.1) is 12.4 Å². The number of hydrogen-bond acceptors (Lipinski definition) is 4. The van der Waals surface area contributed by atoms with Gasteiger partial charge >= 0.3 is 6.03 Å². The number of halogens is 1. The van der Waals surface area contributed by atoms with Crippen LogP contribution in [0.3, 0.4) is 0 Å². The maximum absolute atomic E-state index is 12.6. The van der Waals surface area contributed by atoms with E-state index >= 15 is 0 Å². The summed E-state index contributed by atoms with van der Waals surface area (Å²) in [7, 11) is 0. The highest BCUT2D eigenvalue weighted by molar-refractivity contribution is 6.07. The van der Waals surface area contributed by atoms with E-state index in [1.807, 2.05) is 4.90 Å². The van der Waals surface area contributed by atoms with Gasteiger partial charge in [0.1, 0.15) is 5.54 Å². The summed E-state index contributed by atoms with van der Waals surface area (Å²) in [5, 5.41) is 6.30. The van der Waals surface area contributed by atoms with Crippen molar-refractivity contribution in [2.45, 2.75) is 56.9 Å². The second kappa shape index (κ2) is 7.35. The van der Waals surface area contributed by atoms with Gasteiger partial charge in [-0.3, -0.25) is 14.5 Å². The number of amides is 4. The smallest absolute Gasteiger partial charge is 0.325 e. The number of nitrogens with zero attached hydrogens (tertiary/aromatic N) is 2. The largest absolute Gasteiger partial charge is 0.343 e. The van der Waals surface area contributed by atoms with Gasteiger partial charge in [0.15, 0.2) is 0 Å². The van der Waals surface area contributed by atoms with Crippen molar-refractivity contribution in [3.05, 3.63) is 0 Å². The van der Waals surface area contributed by atoms with Gasteiger partial charge in [0.05, 0.1) is 0 Å². The minimum absolute atomic E-state index is 0. The van der Waals surface area contributed by atoms with Crippen molar-refractivity contribution in [3.63, 3.8) is 0 Å². The fourth-order valence-corrected chi connectivity index (χ4v) is 5.02. The first-order chi connectivity index (χ1) is 12.0. The Morgan fingerprint density at radius 2 is 1.73 bits per heavy atom. The zero-order chi connectivity index (χ0) is 17.5. The summed E-state index contributed by atoms with van der Waals surface area (Å²) < 4.78 is 0. The highest BCUT2D eigenvalue weighted by atomic mass is 35.5. The zero-order valence-corrected chi connectivity index (χ0v) is 16.0. The fraction of sp³-hybridized carbons (Fsp3) is 0.833. The van der Waals surface area contributed by atoms with Crippen molar-refractivity contribution in [2.24, 2.45) is 5.41 Å². The first kappa shape index (κ1) is 19.4. The molecule has 4 rings (SSSR count). The average molecular weight is 385 g/mol. The van der Waals surface area contributed by atoms with Gasteiger partial charge in [0.25, 0.3) is 5.91 Å². The molecule has 0 unspecified atom stereocenters. The lowest BCUT2D eigenvalue weighted by atomic mass is 9.78. The number of nitrogens with one attached hydrogen (secondary N) is 2. The van der Waals surface area contributed by atoms with E-state index in [1.165, 1.54) is 11.3 Å². The van der Waals surface area contributed by atoms with Crippen molar-refractivity contribution < 1.29 is 14.4 Å². The molecule has 26 heavy (non-hydrogen) atoms. The van der Waals surface area contributed by atoms with Crippen LogP contribution in [0.25, 0.3) is 0 Å². The molecule has 0 radical (unpaired) electrons. The molecule has 0 aromatic rings. The molecule has 7 nitrogen and oxygen atoms in total. The predicted octanol–water partition coefficient (Wildman–Crippen LogP) is 1.26. The summed E-state index contributed by atoms with van der Waals surface area (Å²) in [5.41, 5.74) is -0.288. The van der Waals surface area contributed by atoms with Crippen LogP contribution in [0.2, 0.25) is 0 Å². The SMILES string of the molecule is Cl.O=C(CCN1C(=O)NC2(CCCC2)C1=O)N1CCC2(CCNC2)CC1. The molecular weight excluding hydrogens is 356 g/mol. The van der Waals surface area contributed by atoms with Crippen LogP contribution in [0.15, 0.2) is 0 Å². The van der Waals surface area contributed by atoms with E-state index in [9.17, 15) is 14.4 Å². The molecule has 3 saturated heterocycles. The molecule has 1 saturated carbocycles. The summed E-state index contributed by atoms with van der Waals surface area (Å²) in [6.07, 6.45) is 6.96. The lowest BCUT2D eigenvalue weighted by molar-refractivity contribution is -0.135. The van der Waals surface area contributed by atoms with Gasteiger partial charge in [0.2, 0.25) is 5.91 Å². The Kier molecular flexibility index (Phi) is 5.49. The number of imide groups is 1. The molecule has 3 aliphatic heterocycles. The van der Waals surface area contributed by atoms with Gasteiger partial charge in [-0.05, 0) is 44.1 Å². The van der Waals surface area contributed by atoms with Crippen LogP contribution in [0.5, 0.6) is 0 Å². The highest BCUT2D eigenvalue weighted by Gasteiger charge is 2.52. The maximum atomic E-state index is 12.6. The molecule has 4 amide bonds. The highest BCUT2D eigenvalue weighted by Crippen LogP contribution is 2.37. The van der Waals surface area contributed by atoms with Crippen molar-refractivity contribution in [1.29, 1.82) is 0 Å². The lowest BCUT2D eigenvalue weighted by Crippen LogP contribution is -2.45. The molecule has 2 N–H and O–H groups in total. The molecular formula is C18H29ClN4O3. The summed E-state index contributed by atoms with van der Waals surface area (Å²) >= 11 is 0. The first-order valence-electron chi connectivity index (χ1n) is 9.66. The fourth-order valence-electron chi connectivity index (χ4n) is 5.02. The van der Waals surface area contributed by atoms with E-state index in [-0.39, 0.29) is 43.2 Å². The monoisotopic (exact) mass is 384 g/mol. The lowest BCUT2D eigenvalue weighted by Gasteiger charge is -2.39. The number of likely N-dealkylation sites (tertiary alicyclic amines) is 1. The van der Waals surface area contributed by atoms with Crippen LogP contribution in [0.4, 0.5) is 4.79 Å². The van der Waals surface area contributed by atoms with Crippen LogP contribution >= 0.6 is 12.4 Å². The maximum Gasteiger partial charge on any atom is 0.325 e. The Bertz CT molecular complexity index is 575. The van der Waals surface area contributed by atoms with Crippen molar-refractivity contribution in [1.82, 2.24) is 20.4 Å². The molecule has 146 valence electrons. The molecule has 4 fully saturated rings. The van der Waals surface area contributed by atoms with Gasteiger partial charge in [-0.1, -0.05) is 12.8 Å². The normalized spacial score (nSPS) is 26.5. The van der Waals surface area contributed by atoms with Gasteiger partial charge in [-0.2, -0.15) is 0 Å². The number of piperidine rings is 1. The summed E-state index contributed by atoms with van der Waals surface area (Å²) in [4.78, 5) is 40.5. The molecule has 0 aromatic carbocycles. The number of urea groups is 1. The quantitative estimate of drug-likeness (QED) is 0.718. The molecule has 4 aliphatic rings. The molecule has 0 bridgehead atoms. The van der Waals surface area contributed by atoms with Gasteiger partial charge in [0, 0.05) is 32.6 Å².